The Morgan fingerprint density at radius 1 is 1.90 bits per heavy atom. The summed E-state index contributed by atoms with van der Waals surface area (Å²) >= 11 is 0. The molecule has 1 fully saturated rings. The molecule has 0 saturated carbocycles. The Labute approximate surface area is 62.8 Å². The maximum Gasteiger partial charge on any atom is 0.220 e. The van der Waals surface area contributed by atoms with Crippen LogP contribution in [0.25, 0.3) is 0 Å². The molecule has 0 aromatic carbocycles. The minimum Gasteiger partial charge on any atom is -0.353 e. The zero-order valence-corrected chi connectivity index (χ0v) is 6.26. The van der Waals surface area contributed by atoms with Crippen LogP contribution >= 0.6 is 0 Å². The molecule has 1 heterocycles. The zero-order chi connectivity index (χ0) is 7.40. The molecule has 2 heteroatoms. The number of hydrogen-bond acceptors (Lipinski definition) is 1. The van der Waals surface area contributed by atoms with Crippen LogP contribution in [-0.4, -0.2) is 11.9 Å². The van der Waals surface area contributed by atoms with Crippen molar-refractivity contribution in [1.82, 2.24) is 5.32 Å². The first-order valence-electron chi connectivity index (χ1n) is 3.73. The molecule has 1 unspecified atom stereocenters. The molecule has 2 nitrogen and oxygen atoms in total. The highest BCUT2D eigenvalue weighted by Gasteiger charge is 2.18. The fourth-order valence-electron chi connectivity index (χ4n) is 1.15. The molecule has 58 valence electrons. The van der Waals surface area contributed by atoms with Gasteiger partial charge in [-0.2, -0.15) is 0 Å². The van der Waals surface area contributed by atoms with Gasteiger partial charge in [-0.15, -0.1) is 0 Å². The number of amides is 1. The third-order valence-electron chi connectivity index (χ3n) is 1.74. The molecule has 0 aromatic heterocycles. The molecule has 1 aliphatic heterocycles. The quantitative estimate of drug-likeness (QED) is 0.580. The molecule has 0 radical (unpaired) electrons. The molecule has 0 spiro atoms. The van der Waals surface area contributed by atoms with E-state index in [1.54, 1.807) is 0 Å². The topological polar surface area (TPSA) is 29.1 Å². The average Bonchev–Trinajstić information content (AvgIpc) is 2.31. The fourth-order valence-corrected chi connectivity index (χ4v) is 1.15. The van der Waals surface area contributed by atoms with E-state index in [0.29, 0.717) is 12.5 Å². The Bertz CT molecular complexity index is 156. The zero-order valence-electron chi connectivity index (χ0n) is 6.26. The van der Waals surface area contributed by atoms with E-state index in [1.807, 2.05) is 13.0 Å². The summed E-state index contributed by atoms with van der Waals surface area (Å²) in [4.78, 5) is 10.7. The smallest absolute Gasteiger partial charge is 0.220 e. The van der Waals surface area contributed by atoms with Crippen LogP contribution in [0.15, 0.2) is 12.2 Å². The van der Waals surface area contributed by atoms with Gasteiger partial charge in [0.2, 0.25) is 5.91 Å². The Kier molecular flexibility index (Phi) is 2.49. The Morgan fingerprint density at radius 2 is 2.70 bits per heavy atom. The molecular weight excluding hydrogens is 126 g/mol. The molecular formula is C8H15NO. The standard InChI is InChI=1S/C8H13NO.H2/c1-2-3-4-7-5-6-8(10)9-7;/h2-3,7H,4-6H2,1H3,(H,9,10);1H/b3-2+;. The highest BCUT2D eigenvalue weighted by Crippen LogP contribution is 2.09. The maximum absolute atomic E-state index is 10.7. The van der Waals surface area contributed by atoms with Crippen molar-refractivity contribution in [3.8, 4) is 0 Å². The van der Waals surface area contributed by atoms with Crippen LogP contribution in [0, 0.1) is 0 Å². The molecule has 0 aliphatic carbocycles. The van der Waals surface area contributed by atoms with Crippen LogP contribution in [0.4, 0.5) is 0 Å². The number of nitrogens with one attached hydrogen (secondary N) is 1. The molecule has 1 N–H and O–H groups in total. The van der Waals surface area contributed by atoms with E-state index in [4.69, 9.17) is 0 Å². The second-order valence-corrected chi connectivity index (χ2v) is 2.61. The third-order valence-corrected chi connectivity index (χ3v) is 1.74. The van der Waals surface area contributed by atoms with Crippen molar-refractivity contribution < 1.29 is 6.22 Å². The van der Waals surface area contributed by atoms with Crippen molar-refractivity contribution >= 4 is 5.91 Å². The minimum absolute atomic E-state index is 0. The minimum atomic E-state index is 0. The summed E-state index contributed by atoms with van der Waals surface area (Å²) < 4.78 is 0. The summed E-state index contributed by atoms with van der Waals surface area (Å²) in [7, 11) is 0. The first kappa shape index (κ1) is 7.32. The van der Waals surface area contributed by atoms with Gasteiger partial charge >= 0.3 is 0 Å². The van der Waals surface area contributed by atoms with Crippen molar-refractivity contribution in [2.24, 2.45) is 0 Å². The summed E-state index contributed by atoms with van der Waals surface area (Å²) in [6.07, 6.45) is 6.81. The number of carbonyl (C=O) groups is 1. The van der Waals surface area contributed by atoms with Gasteiger partial charge in [0.1, 0.15) is 0 Å². The maximum atomic E-state index is 10.7. The van der Waals surface area contributed by atoms with Crippen LogP contribution in [0.3, 0.4) is 0 Å². The molecule has 1 saturated heterocycles. The second-order valence-electron chi connectivity index (χ2n) is 2.61. The molecule has 1 amide bonds. The molecule has 0 aromatic rings. The SMILES string of the molecule is C/C=C/CC1CCC(=O)N1.[HH]. The van der Waals surface area contributed by atoms with Gasteiger partial charge in [-0.3, -0.25) is 4.79 Å². The van der Waals surface area contributed by atoms with Crippen LogP contribution in [-0.2, 0) is 4.79 Å². The summed E-state index contributed by atoms with van der Waals surface area (Å²) in [6.45, 7) is 2.00. The van der Waals surface area contributed by atoms with Crippen molar-refractivity contribution in [2.75, 3.05) is 0 Å². The Morgan fingerprint density at radius 3 is 3.20 bits per heavy atom. The Balaban J connectivity index is 0.000001000. The van der Waals surface area contributed by atoms with Gasteiger partial charge in [0.15, 0.2) is 0 Å². The first-order valence-corrected chi connectivity index (χ1v) is 3.73. The van der Waals surface area contributed by atoms with Gasteiger partial charge in [-0.05, 0) is 19.8 Å². The van der Waals surface area contributed by atoms with Gasteiger partial charge in [-0.1, -0.05) is 12.2 Å². The summed E-state index contributed by atoms with van der Waals surface area (Å²) in [5.74, 6) is 0.203. The average molecular weight is 141 g/mol. The van der Waals surface area contributed by atoms with E-state index >= 15 is 0 Å². The predicted octanol–water partition coefficient (Wildman–Crippen LogP) is 1.48. The van der Waals surface area contributed by atoms with Gasteiger partial charge in [-0.25, -0.2) is 0 Å². The van der Waals surface area contributed by atoms with E-state index in [2.05, 4.69) is 11.4 Å². The molecule has 1 atom stereocenters. The van der Waals surface area contributed by atoms with Crippen LogP contribution < -0.4 is 5.32 Å². The summed E-state index contributed by atoms with van der Waals surface area (Å²) in [5, 5.41) is 2.90. The lowest BCUT2D eigenvalue weighted by atomic mass is 10.1. The van der Waals surface area contributed by atoms with Gasteiger partial charge in [0.25, 0.3) is 0 Å². The van der Waals surface area contributed by atoms with Crippen LogP contribution in [0.5, 0.6) is 0 Å². The summed E-state index contributed by atoms with van der Waals surface area (Å²) in [6, 6.07) is 0.406. The van der Waals surface area contributed by atoms with Crippen molar-refractivity contribution in [3.05, 3.63) is 12.2 Å². The number of allylic oxidation sites excluding steroid dienone is 1. The third kappa shape index (κ3) is 1.87. The monoisotopic (exact) mass is 141 g/mol. The lowest BCUT2D eigenvalue weighted by molar-refractivity contribution is -0.119. The Hall–Kier alpha value is -0.790. The highest BCUT2D eigenvalue weighted by molar-refractivity contribution is 5.78. The van der Waals surface area contributed by atoms with Gasteiger partial charge in [0, 0.05) is 13.9 Å². The van der Waals surface area contributed by atoms with Crippen LogP contribution in [0.1, 0.15) is 27.6 Å². The number of hydrogen-bond donors (Lipinski definition) is 1. The van der Waals surface area contributed by atoms with E-state index in [9.17, 15) is 4.79 Å². The van der Waals surface area contributed by atoms with Crippen molar-refractivity contribution in [2.45, 2.75) is 32.2 Å². The normalized spacial score (nSPS) is 25.7. The molecule has 1 aliphatic rings. The van der Waals surface area contributed by atoms with E-state index in [1.165, 1.54) is 0 Å². The second kappa shape index (κ2) is 3.40. The van der Waals surface area contributed by atoms with E-state index in [0.717, 1.165) is 12.8 Å². The fraction of sp³-hybridized carbons (Fsp3) is 0.625. The lowest BCUT2D eigenvalue weighted by Gasteiger charge is -2.03. The molecule has 10 heavy (non-hydrogen) atoms. The van der Waals surface area contributed by atoms with E-state index < -0.39 is 0 Å². The molecule has 0 bridgehead atoms. The number of rotatable bonds is 2. The number of carbonyl (C=O) groups excluding carboxylic acids is 1. The van der Waals surface area contributed by atoms with Gasteiger partial charge < -0.3 is 5.32 Å². The first-order chi connectivity index (χ1) is 4.83. The molecule has 1 rings (SSSR count). The predicted molar refractivity (Wildman–Crippen MR) is 42.7 cm³/mol. The highest BCUT2D eigenvalue weighted by atomic mass is 16.1. The van der Waals surface area contributed by atoms with Crippen molar-refractivity contribution in [3.63, 3.8) is 0 Å². The van der Waals surface area contributed by atoms with Crippen molar-refractivity contribution in [1.29, 1.82) is 0 Å². The summed E-state index contributed by atoms with van der Waals surface area (Å²) in [5.41, 5.74) is 0. The van der Waals surface area contributed by atoms with Crippen LogP contribution in [0.2, 0.25) is 0 Å². The van der Waals surface area contributed by atoms with Gasteiger partial charge in [0.05, 0.1) is 0 Å². The van der Waals surface area contributed by atoms with E-state index in [-0.39, 0.29) is 7.33 Å². The lowest BCUT2D eigenvalue weighted by Crippen LogP contribution is -2.24. The largest absolute Gasteiger partial charge is 0.353 e.